The van der Waals surface area contributed by atoms with E-state index in [0.29, 0.717) is 0 Å². The van der Waals surface area contributed by atoms with Gasteiger partial charge in [0.25, 0.3) is 0 Å². The van der Waals surface area contributed by atoms with E-state index in [0.717, 1.165) is 20.4 Å². The van der Waals surface area contributed by atoms with E-state index in [1.165, 1.54) is 0 Å². The summed E-state index contributed by atoms with van der Waals surface area (Å²) >= 11 is 7.59. The fourth-order valence-corrected chi connectivity index (χ4v) is 3.09. The quantitative estimate of drug-likeness (QED) is 0.865. The van der Waals surface area contributed by atoms with Crippen LogP contribution in [-0.2, 0) is 4.74 Å². The van der Waals surface area contributed by atoms with Gasteiger partial charge in [-0.25, -0.2) is 0 Å². The standard InChI is InChI=1S/C14H11ClO2S/c15-9-4-3-5-10(8-9)18-12-7-2-1-6-11(12)13-14(16)17-13/h1-8,13-14,16H. The molecule has 2 atom stereocenters. The van der Waals surface area contributed by atoms with Crippen LogP contribution >= 0.6 is 23.4 Å². The molecule has 0 amide bonds. The Morgan fingerprint density at radius 2 is 1.89 bits per heavy atom. The molecule has 92 valence electrons. The van der Waals surface area contributed by atoms with Gasteiger partial charge in [0, 0.05) is 14.8 Å². The minimum atomic E-state index is -0.661. The van der Waals surface area contributed by atoms with E-state index in [-0.39, 0.29) is 6.10 Å². The molecule has 0 radical (unpaired) electrons. The van der Waals surface area contributed by atoms with Gasteiger partial charge in [0.05, 0.1) is 0 Å². The highest BCUT2D eigenvalue weighted by Crippen LogP contribution is 2.43. The predicted molar refractivity (Wildman–Crippen MR) is 71.8 cm³/mol. The van der Waals surface area contributed by atoms with Crippen molar-refractivity contribution >= 4 is 23.4 Å². The summed E-state index contributed by atoms with van der Waals surface area (Å²) in [7, 11) is 0. The molecule has 2 aromatic rings. The summed E-state index contributed by atoms with van der Waals surface area (Å²) in [6, 6.07) is 15.6. The molecule has 1 aliphatic rings. The number of aliphatic hydroxyl groups is 1. The summed E-state index contributed by atoms with van der Waals surface area (Å²) in [4.78, 5) is 2.16. The highest BCUT2D eigenvalue weighted by Gasteiger charge is 2.39. The molecular formula is C14H11ClO2S. The molecule has 1 N–H and O–H groups in total. The second-order valence-corrected chi connectivity index (χ2v) is 5.60. The van der Waals surface area contributed by atoms with Crippen molar-refractivity contribution in [3.8, 4) is 0 Å². The third-order valence-electron chi connectivity index (χ3n) is 2.72. The van der Waals surface area contributed by atoms with Crippen LogP contribution in [0.15, 0.2) is 58.3 Å². The van der Waals surface area contributed by atoms with Crippen LogP contribution in [0.5, 0.6) is 0 Å². The summed E-state index contributed by atoms with van der Waals surface area (Å²) in [5.74, 6) is 0. The van der Waals surface area contributed by atoms with Gasteiger partial charge >= 0.3 is 0 Å². The summed E-state index contributed by atoms with van der Waals surface area (Å²) in [6.45, 7) is 0. The Balaban J connectivity index is 1.88. The van der Waals surface area contributed by atoms with Gasteiger partial charge in [0.15, 0.2) is 6.29 Å². The summed E-state index contributed by atoms with van der Waals surface area (Å²) in [6.07, 6.45) is -0.848. The number of hydrogen-bond donors (Lipinski definition) is 1. The Morgan fingerprint density at radius 3 is 2.61 bits per heavy atom. The van der Waals surface area contributed by atoms with E-state index in [2.05, 4.69) is 0 Å². The van der Waals surface area contributed by atoms with Crippen molar-refractivity contribution in [2.75, 3.05) is 0 Å². The number of halogens is 1. The van der Waals surface area contributed by atoms with Gasteiger partial charge in [-0.05, 0) is 29.8 Å². The van der Waals surface area contributed by atoms with Gasteiger partial charge in [-0.1, -0.05) is 47.6 Å². The molecule has 0 aromatic heterocycles. The molecule has 3 rings (SSSR count). The topological polar surface area (TPSA) is 32.8 Å². The zero-order chi connectivity index (χ0) is 12.5. The maximum atomic E-state index is 9.36. The lowest BCUT2D eigenvalue weighted by molar-refractivity contribution is 0.156. The number of aliphatic hydroxyl groups excluding tert-OH is 1. The van der Waals surface area contributed by atoms with Crippen molar-refractivity contribution in [1.82, 2.24) is 0 Å². The third-order valence-corrected chi connectivity index (χ3v) is 4.03. The molecule has 0 bridgehead atoms. The van der Waals surface area contributed by atoms with Crippen LogP contribution in [0.3, 0.4) is 0 Å². The Morgan fingerprint density at radius 1 is 1.11 bits per heavy atom. The predicted octanol–water partition coefficient (Wildman–Crippen LogP) is 3.88. The fourth-order valence-electron chi connectivity index (χ4n) is 1.80. The van der Waals surface area contributed by atoms with Crippen LogP contribution in [0, 0.1) is 0 Å². The molecular weight excluding hydrogens is 268 g/mol. The highest BCUT2D eigenvalue weighted by molar-refractivity contribution is 7.99. The Labute approximate surface area is 115 Å². The first-order valence-electron chi connectivity index (χ1n) is 5.60. The average molecular weight is 279 g/mol. The average Bonchev–Trinajstić information content (AvgIpc) is 3.07. The molecule has 18 heavy (non-hydrogen) atoms. The normalized spacial score (nSPS) is 21.9. The fraction of sp³-hybridized carbons (Fsp3) is 0.143. The molecule has 0 spiro atoms. The van der Waals surface area contributed by atoms with E-state index < -0.39 is 6.29 Å². The van der Waals surface area contributed by atoms with Crippen molar-refractivity contribution in [2.24, 2.45) is 0 Å². The van der Waals surface area contributed by atoms with Crippen molar-refractivity contribution in [2.45, 2.75) is 22.2 Å². The maximum absolute atomic E-state index is 9.36. The van der Waals surface area contributed by atoms with Crippen LogP contribution in [0.1, 0.15) is 11.7 Å². The van der Waals surface area contributed by atoms with Crippen LogP contribution in [0.4, 0.5) is 0 Å². The lowest BCUT2D eigenvalue weighted by Crippen LogP contribution is -1.89. The smallest absolute Gasteiger partial charge is 0.186 e. The molecule has 1 heterocycles. The number of epoxide rings is 1. The second-order valence-electron chi connectivity index (χ2n) is 4.04. The monoisotopic (exact) mass is 278 g/mol. The number of hydrogen-bond acceptors (Lipinski definition) is 3. The van der Waals surface area contributed by atoms with E-state index >= 15 is 0 Å². The maximum Gasteiger partial charge on any atom is 0.186 e. The lowest BCUT2D eigenvalue weighted by Gasteiger charge is -2.06. The molecule has 1 saturated heterocycles. The first kappa shape index (κ1) is 12.1. The van der Waals surface area contributed by atoms with Crippen LogP contribution < -0.4 is 0 Å². The van der Waals surface area contributed by atoms with Crippen LogP contribution in [-0.4, -0.2) is 11.4 Å². The Kier molecular flexibility index (Phi) is 3.31. The molecule has 2 unspecified atom stereocenters. The van der Waals surface area contributed by atoms with Crippen LogP contribution in [0.25, 0.3) is 0 Å². The molecule has 2 nitrogen and oxygen atoms in total. The summed E-state index contributed by atoms with van der Waals surface area (Å²) in [5.41, 5.74) is 1.02. The number of ether oxygens (including phenoxy) is 1. The highest BCUT2D eigenvalue weighted by atomic mass is 35.5. The minimum absolute atomic E-state index is 0.187. The van der Waals surface area contributed by atoms with E-state index in [4.69, 9.17) is 16.3 Å². The molecule has 2 aromatic carbocycles. The van der Waals surface area contributed by atoms with Gasteiger partial charge in [0.1, 0.15) is 6.10 Å². The molecule has 0 saturated carbocycles. The van der Waals surface area contributed by atoms with Gasteiger partial charge in [-0.2, -0.15) is 0 Å². The van der Waals surface area contributed by atoms with Crippen molar-refractivity contribution in [3.63, 3.8) is 0 Å². The Bertz CT molecular complexity index is 573. The number of benzene rings is 2. The van der Waals surface area contributed by atoms with Gasteiger partial charge in [-0.3, -0.25) is 0 Å². The largest absolute Gasteiger partial charge is 0.366 e. The SMILES string of the molecule is OC1OC1c1ccccc1Sc1cccc(Cl)c1. The lowest BCUT2D eigenvalue weighted by atomic mass is 10.1. The molecule has 1 aliphatic heterocycles. The molecule has 0 aliphatic carbocycles. The number of rotatable bonds is 3. The van der Waals surface area contributed by atoms with Gasteiger partial charge in [0.2, 0.25) is 0 Å². The van der Waals surface area contributed by atoms with Gasteiger partial charge in [-0.15, -0.1) is 0 Å². The van der Waals surface area contributed by atoms with Crippen molar-refractivity contribution in [1.29, 1.82) is 0 Å². The minimum Gasteiger partial charge on any atom is -0.366 e. The van der Waals surface area contributed by atoms with E-state index in [9.17, 15) is 5.11 Å². The third kappa shape index (κ3) is 2.54. The van der Waals surface area contributed by atoms with E-state index in [1.54, 1.807) is 11.8 Å². The first-order valence-corrected chi connectivity index (χ1v) is 6.79. The van der Waals surface area contributed by atoms with E-state index in [1.807, 2.05) is 48.5 Å². The second kappa shape index (κ2) is 4.94. The van der Waals surface area contributed by atoms with Crippen molar-refractivity contribution in [3.05, 3.63) is 59.1 Å². The molecule has 4 heteroatoms. The Hall–Kier alpha value is -1.00. The van der Waals surface area contributed by atoms with Gasteiger partial charge < -0.3 is 9.84 Å². The summed E-state index contributed by atoms with van der Waals surface area (Å²) in [5, 5.41) is 10.1. The zero-order valence-electron chi connectivity index (χ0n) is 9.42. The first-order chi connectivity index (χ1) is 8.74. The van der Waals surface area contributed by atoms with Crippen LogP contribution in [0.2, 0.25) is 5.02 Å². The van der Waals surface area contributed by atoms with Crippen molar-refractivity contribution < 1.29 is 9.84 Å². The zero-order valence-corrected chi connectivity index (χ0v) is 11.0. The summed E-state index contributed by atoms with van der Waals surface area (Å²) < 4.78 is 5.12. The molecule has 1 fully saturated rings.